The molecule has 1 aliphatic heterocycles. The van der Waals surface area contributed by atoms with E-state index in [1.54, 1.807) is 18.2 Å². The van der Waals surface area contributed by atoms with Crippen molar-refractivity contribution in [2.75, 3.05) is 17.7 Å². The molecular formula is C19H19ClN4O3. The van der Waals surface area contributed by atoms with E-state index in [9.17, 15) is 9.59 Å². The SMILES string of the molecule is COc1ccc(Cl)cc1NC(=O)[C@@H]1CC(=O)NC(Nc2ccc(C)cc2)=N1. The van der Waals surface area contributed by atoms with E-state index in [4.69, 9.17) is 16.3 Å². The second-order valence-corrected chi connectivity index (χ2v) is 6.51. The molecule has 7 nitrogen and oxygen atoms in total. The molecule has 2 aromatic carbocycles. The highest BCUT2D eigenvalue weighted by atomic mass is 35.5. The predicted octanol–water partition coefficient (Wildman–Crippen LogP) is 2.95. The van der Waals surface area contributed by atoms with Gasteiger partial charge in [-0.05, 0) is 37.3 Å². The van der Waals surface area contributed by atoms with Crippen LogP contribution in [-0.2, 0) is 9.59 Å². The van der Waals surface area contributed by atoms with Gasteiger partial charge < -0.3 is 15.4 Å². The molecule has 3 rings (SSSR count). The van der Waals surface area contributed by atoms with Gasteiger partial charge in [-0.15, -0.1) is 0 Å². The summed E-state index contributed by atoms with van der Waals surface area (Å²) < 4.78 is 5.22. The summed E-state index contributed by atoms with van der Waals surface area (Å²) in [4.78, 5) is 28.9. The van der Waals surface area contributed by atoms with Crippen LogP contribution in [0.5, 0.6) is 5.75 Å². The van der Waals surface area contributed by atoms with Gasteiger partial charge in [0.2, 0.25) is 17.8 Å². The minimum atomic E-state index is -0.865. The summed E-state index contributed by atoms with van der Waals surface area (Å²) in [6.45, 7) is 1.98. The van der Waals surface area contributed by atoms with E-state index in [0.717, 1.165) is 11.3 Å². The Kier molecular flexibility index (Phi) is 5.61. The van der Waals surface area contributed by atoms with E-state index >= 15 is 0 Å². The van der Waals surface area contributed by atoms with Crippen LogP contribution in [0.4, 0.5) is 11.4 Å². The van der Waals surface area contributed by atoms with Crippen LogP contribution in [0.2, 0.25) is 5.02 Å². The van der Waals surface area contributed by atoms with Gasteiger partial charge >= 0.3 is 0 Å². The molecule has 0 aromatic heterocycles. The maximum Gasteiger partial charge on any atom is 0.249 e. The molecule has 140 valence electrons. The number of benzene rings is 2. The molecule has 0 saturated carbocycles. The lowest BCUT2D eigenvalue weighted by Gasteiger charge is -2.21. The number of carbonyl (C=O) groups excluding carboxylic acids is 2. The van der Waals surface area contributed by atoms with Gasteiger partial charge in [0, 0.05) is 10.7 Å². The first-order chi connectivity index (χ1) is 12.9. The number of methoxy groups -OCH3 is 1. The Labute approximate surface area is 161 Å². The van der Waals surface area contributed by atoms with Crippen LogP contribution in [0.25, 0.3) is 0 Å². The number of nitrogens with one attached hydrogen (secondary N) is 3. The average molecular weight is 387 g/mol. The molecule has 0 spiro atoms. The van der Waals surface area contributed by atoms with E-state index in [2.05, 4.69) is 20.9 Å². The van der Waals surface area contributed by atoms with Gasteiger partial charge in [0.05, 0.1) is 19.2 Å². The van der Waals surface area contributed by atoms with Gasteiger partial charge in [0.1, 0.15) is 11.8 Å². The van der Waals surface area contributed by atoms with Gasteiger partial charge in [-0.25, -0.2) is 4.99 Å². The number of guanidine groups is 1. The standard InChI is InChI=1S/C19H19ClN4O3/c1-11-3-6-13(7-4-11)21-19-23-15(10-17(25)24-19)18(26)22-14-9-12(20)5-8-16(14)27-2/h3-9,15H,10H2,1-2H3,(H,22,26)(H2,21,23,24,25)/t15-/m0/s1. The lowest BCUT2D eigenvalue weighted by atomic mass is 10.1. The third kappa shape index (κ3) is 4.77. The molecular weight excluding hydrogens is 368 g/mol. The van der Waals surface area contributed by atoms with Crippen LogP contribution in [0, 0.1) is 6.92 Å². The summed E-state index contributed by atoms with van der Waals surface area (Å²) in [6.07, 6.45) is -0.0478. The largest absolute Gasteiger partial charge is 0.495 e. The topological polar surface area (TPSA) is 91.8 Å². The Bertz CT molecular complexity index is 896. The molecule has 0 unspecified atom stereocenters. The maximum atomic E-state index is 12.6. The van der Waals surface area contributed by atoms with Crippen LogP contribution in [0.1, 0.15) is 12.0 Å². The molecule has 0 bridgehead atoms. The summed E-state index contributed by atoms with van der Waals surface area (Å²) in [5, 5.41) is 8.82. The fourth-order valence-electron chi connectivity index (χ4n) is 2.57. The number of amides is 2. The summed E-state index contributed by atoms with van der Waals surface area (Å²) in [7, 11) is 1.49. The molecule has 0 radical (unpaired) electrons. The number of ether oxygens (including phenoxy) is 1. The number of hydrogen-bond acceptors (Lipinski definition) is 5. The fourth-order valence-corrected chi connectivity index (χ4v) is 2.75. The number of halogens is 1. The molecule has 0 saturated heterocycles. The number of nitrogens with zero attached hydrogens (tertiary/aromatic N) is 1. The van der Waals surface area contributed by atoms with Gasteiger partial charge in [-0.2, -0.15) is 0 Å². The highest BCUT2D eigenvalue weighted by Crippen LogP contribution is 2.28. The number of aryl methyl sites for hydroxylation is 1. The van der Waals surface area contributed by atoms with E-state index < -0.39 is 11.9 Å². The van der Waals surface area contributed by atoms with Crippen molar-refractivity contribution in [1.29, 1.82) is 0 Å². The smallest absolute Gasteiger partial charge is 0.249 e. The molecule has 3 N–H and O–H groups in total. The van der Waals surface area contributed by atoms with E-state index in [-0.39, 0.29) is 18.3 Å². The molecule has 27 heavy (non-hydrogen) atoms. The molecule has 8 heteroatoms. The zero-order chi connectivity index (χ0) is 19.4. The van der Waals surface area contributed by atoms with Crippen molar-refractivity contribution in [1.82, 2.24) is 5.32 Å². The molecule has 1 heterocycles. The summed E-state index contributed by atoms with van der Waals surface area (Å²) in [5.41, 5.74) is 2.30. The normalized spacial score (nSPS) is 16.2. The van der Waals surface area contributed by atoms with Crippen molar-refractivity contribution in [3.05, 3.63) is 53.1 Å². The van der Waals surface area contributed by atoms with Crippen LogP contribution in [-0.4, -0.2) is 30.9 Å². The zero-order valence-electron chi connectivity index (χ0n) is 14.9. The van der Waals surface area contributed by atoms with Gasteiger partial charge in [0.25, 0.3) is 0 Å². The summed E-state index contributed by atoms with van der Waals surface area (Å²) in [6, 6.07) is 11.6. The Morgan fingerprint density at radius 3 is 2.70 bits per heavy atom. The Morgan fingerprint density at radius 2 is 2.00 bits per heavy atom. The lowest BCUT2D eigenvalue weighted by Crippen LogP contribution is -2.45. The zero-order valence-corrected chi connectivity index (χ0v) is 15.6. The first-order valence-electron chi connectivity index (χ1n) is 8.30. The van der Waals surface area contributed by atoms with Gasteiger partial charge in [0.15, 0.2) is 0 Å². The van der Waals surface area contributed by atoms with E-state index in [1.165, 1.54) is 7.11 Å². The molecule has 2 amide bonds. The van der Waals surface area contributed by atoms with Crippen molar-refractivity contribution in [2.45, 2.75) is 19.4 Å². The second-order valence-electron chi connectivity index (χ2n) is 6.07. The third-order valence-electron chi connectivity index (χ3n) is 3.96. The Morgan fingerprint density at radius 1 is 1.26 bits per heavy atom. The fraction of sp³-hybridized carbons (Fsp3) is 0.211. The number of hydrogen-bond donors (Lipinski definition) is 3. The third-order valence-corrected chi connectivity index (χ3v) is 4.19. The number of carbonyl (C=O) groups is 2. The molecule has 1 atom stereocenters. The number of anilines is 2. The highest BCUT2D eigenvalue weighted by molar-refractivity contribution is 6.31. The molecule has 0 fully saturated rings. The summed E-state index contributed by atoms with van der Waals surface area (Å²) in [5.74, 6) is -0.0187. The van der Waals surface area contributed by atoms with Crippen molar-refractivity contribution < 1.29 is 14.3 Å². The quantitative estimate of drug-likeness (QED) is 0.753. The minimum absolute atomic E-state index is 0.0478. The molecule has 1 aliphatic rings. The van der Waals surface area contributed by atoms with E-state index in [0.29, 0.717) is 16.5 Å². The van der Waals surface area contributed by atoms with E-state index in [1.807, 2.05) is 31.2 Å². The van der Waals surface area contributed by atoms with Crippen molar-refractivity contribution in [3.63, 3.8) is 0 Å². The van der Waals surface area contributed by atoms with Gasteiger partial charge in [-0.3, -0.25) is 14.9 Å². The first-order valence-corrected chi connectivity index (χ1v) is 8.68. The van der Waals surface area contributed by atoms with Crippen molar-refractivity contribution >= 4 is 40.7 Å². The maximum absolute atomic E-state index is 12.6. The van der Waals surface area contributed by atoms with Crippen LogP contribution in [0.15, 0.2) is 47.5 Å². The first kappa shape index (κ1) is 18.7. The number of rotatable bonds is 4. The van der Waals surface area contributed by atoms with Crippen molar-refractivity contribution in [2.24, 2.45) is 4.99 Å². The second kappa shape index (κ2) is 8.09. The van der Waals surface area contributed by atoms with Gasteiger partial charge in [-0.1, -0.05) is 29.3 Å². The average Bonchev–Trinajstić information content (AvgIpc) is 2.63. The summed E-state index contributed by atoms with van der Waals surface area (Å²) >= 11 is 5.98. The number of aliphatic imine (C=N–C) groups is 1. The van der Waals surface area contributed by atoms with Crippen LogP contribution >= 0.6 is 11.6 Å². The molecule has 2 aromatic rings. The Balaban J connectivity index is 1.76. The minimum Gasteiger partial charge on any atom is -0.495 e. The highest BCUT2D eigenvalue weighted by Gasteiger charge is 2.27. The van der Waals surface area contributed by atoms with Crippen LogP contribution < -0.4 is 20.7 Å². The van der Waals surface area contributed by atoms with Crippen LogP contribution in [0.3, 0.4) is 0 Å². The van der Waals surface area contributed by atoms with Crippen molar-refractivity contribution in [3.8, 4) is 5.75 Å². The Hall–Kier alpha value is -3.06. The lowest BCUT2D eigenvalue weighted by molar-refractivity contribution is -0.124. The predicted molar refractivity (Wildman–Crippen MR) is 105 cm³/mol. The molecule has 0 aliphatic carbocycles. The monoisotopic (exact) mass is 386 g/mol.